The second kappa shape index (κ2) is 13.2. The number of hydrogen-bond donors (Lipinski definition) is 0. The van der Waals surface area contributed by atoms with E-state index in [0.717, 1.165) is 0 Å². The van der Waals surface area contributed by atoms with Crippen molar-refractivity contribution in [2.75, 3.05) is 23.8 Å². The van der Waals surface area contributed by atoms with Crippen LogP contribution >= 0.6 is 37.4 Å². The first-order valence-electron chi connectivity index (χ1n) is 10.9. The molecule has 0 unspecified atom stereocenters. The summed E-state index contributed by atoms with van der Waals surface area (Å²) in [6.07, 6.45) is 2.46. The largest absolute Gasteiger partial charge is 0.0938 e. The van der Waals surface area contributed by atoms with Gasteiger partial charge in [-0.05, 0) is 49.4 Å². The first kappa shape index (κ1) is 23.6. The van der Waals surface area contributed by atoms with Crippen LogP contribution < -0.4 is 21.2 Å². The normalized spacial score (nSPS) is 11.2. The van der Waals surface area contributed by atoms with E-state index < -0.39 is 0 Å². The Morgan fingerprint density at radius 2 is 0.625 bits per heavy atom. The highest BCUT2D eigenvalue weighted by atomic mass is 33.1. The lowest BCUT2D eigenvalue weighted by molar-refractivity contribution is 1.53. The Hall–Kier alpha value is -1.56. The van der Waals surface area contributed by atoms with Gasteiger partial charge in [-0.2, -0.15) is 0 Å². The van der Waals surface area contributed by atoms with Crippen molar-refractivity contribution >= 4 is 58.6 Å². The van der Waals surface area contributed by atoms with E-state index in [-0.39, 0.29) is 15.8 Å². The molecule has 0 aliphatic carbocycles. The van der Waals surface area contributed by atoms with Gasteiger partial charge in [0.1, 0.15) is 0 Å². The van der Waals surface area contributed by atoms with Crippen molar-refractivity contribution in [2.24, 2.45) is 0 Å². The highest BCUT2D eigenvalue weighted by Crippen LogP contribution is 2.38. The quantitative estimate of drug-likeness (QED) is 0.131. The minimum atomic E-state index is -0.287. The zero-order chi connectivity index (χ0) is 21.8. The molecule has 4 aromatic carbocycles. The summed E-state index contributed by atoms with van der Waals surface area (Å²) in [7, 11) is 3.52. The highest BCUT2D eigenvalue weighted by molar-refractivity contribution is 8.76. The number of hydrogen-bond acceptors (Lipinski definition) is 2. The third-order valence-electron chi connectivity index (χ3n) is 5.15. The smallest absolute Gasteiger partial charge is 0.00823 e. The minimum Gasteiger partial charge on any atom is -0.0938 e. The van der Waals surface area contributed by atoms with Crippen LogP contribution in [0.25, 0.3) is 0 Å². The summed E-state index contributed by atoms with van der Waals surface area (Å²) in [6.45, 7) is 0. The molecular formula is C28H28P2S2. The molecule has 0 amide bonds. The lowest BCUT2D eigenvalue weighted by Crippen LogP contribution is -2.15. The summed E-state index contributed by atoms with van der Waals surface area (Å²) in [5.74, 6) is 2.38. The molecular weight excluding hydrogens is 462 g/mol. The maximum Gasteiger partial charge on any atom is 0.00823 e. The minimum absolute atomic E-state index is 0.287. The fraction of sp³-hybridized carbons (Fsp3) is 0.143. The topological polar surface area (TPSA) is 0 Å². The van der Waals surface area contributed by atoms with Gasteiger partial charge in [-0.15, -0.1) is 0 Å². The Labute approximate surface area is 203 Å². The maximum atomic E-state index is 2.30. The molecule has 0 aliphatic rings. The summed E-state index contributed by atoms with van der Waals surface area (Å²) in [5, 5.41) is 5.93. The molecule has 0 aromatic heterocycles. The van der Waals surface area contributed by atoms with Gasteiger partial charge in [0.2, 0.25) is 0 Å². The van der Waals surface area contributed by atoms with Crippen LogP contribution in [0.5, 0.6) is 0 Å². The fourth-order valence-electron chi connectivity index (χ4n) is 3.62. The van der Waals surface area contributed by atoms with Crippen LogP contribution in [0.3, 0.4) is 0 Å². The second-order valence-electron chi connectivity index (χ2n) is 7.29. The Balaban J connectivity index is 1.31. The Morgan fingerprint density at radius 1 is 0.375 bits per heavy atom. The van der Waals surface area contributed by atoms with Crippen LogP contribution in [0, 0.1) is 0 Å². The summed E-state index contributed by atoms with van der Waals surface area (Å²) in [4.78, 5) is 0. The molecule has 0 nitrogen and oxygen atoms in total. The van der Waals surface area contributed by atoms with Gasteiger partial charge >= 0.3 is 0 Å². The highest BCUT2D eigenvalue weighted by Gasteiger charge is 2.15. The fourth-order valence-corrected chi connectivity index (χ4v) is 11.7. The van der Waals surface area contributed by atoms with Crippen LogP contribution in [-0.4, -0.2) is 23.8 Å². The summed E-state index contributed by atoms with van der Waals surface area (Å²) in [5.41, 5.74) is 0. The van der Waals surface area contributed by atoms with Crippen molar-refractivity contribution in [3.8, 4) is 0 Å². The Kier molecular flexibility index (Phi) is 9.75. The van der Waals surface area contributed by atoms with Gasteiger partial charge in [-0.25, -0.2) is 0 Å². The van der Waals surface area contributed by atoms with Gasteiger partial charge in [-0.1, -0.05) is 143 Å². The first-order valence-corrected chi connectivity index (χ1v) is 16.5. The molecule has 0 bridgehead atoms. The predicted molar refractivity (Wildman–Crippen MR) is 153 cm³/mol. The molecule has 4 rings (SSSR count). The van der Waals surface area contributed by atoms with Crippen LogP contribution in [0.15, 0.2) is 121 Å². The van der Waals surface area contributed by atoms with Gasteiger partial charge in [0.25, 0.3) is 0 Å². The summed E-state index contributed by atoms with van der Waals surface area (Å²) < 4.78 is 0. The summed E-state index contributed by atoms with van der Waals surface area (Å²) in [6, 6.07) is 44.2. The van der Waals surface area contributed by atoms with Gasteiger partial charge < -0.3 is 0 Å². The SMILES string of the molecule is c1ccc(P(CCSSCCP(c2ccccc2)c2ccccc2)c2ccccc2)cc1. The van der Waals surface area contributed by atoms with E-state index >= 15 is 0 Å². The molecule has 0 spiro atoms. The van der Waals surface area contributed by atoms with Crippen molar-refractivity contribution in [3.05, 3.63) is 121 Å². The molecule has 0 radical (unpaired) electrons. The average molecular weight is 491 g/mol. The molecule has 0 heterocycles. The van der Waals surface area contributed by atoms with E-state index in [4.69, 9.17) is 0 Å². The molecule has 0 N–H and O–H groups in total. The number of rotatable bonds is 11. The number of benzene rings is 4. The summed E-state index contributed by atoms with van der Waals surface area (Å²) >= 11 is 0. The van der Waals surface area contributed by atoms with Crippen LogP contribution in [0.4, 0.5) is 0 Å². The zero-order valence-electron chi connectivity index (χ0n) is 18.1. The lowest BCUT2D eigenvalue weighted by atomic mass is 10.4. The monoisotopic (exact) mass is 490 g/mol. The molecule has 4 aromatic rings. The lowest BCUT2D eigenvalue weighted by Gasteiger charge is -2.19. The van der Waals surface area contributed by atoms with Crippen molar-refractivity contribution in [3.63, 3.8) is 0 Å². The van der Waals surface area contributed by atoms with Gasteiger partial charge in [0, 0.05) is 11.5 Å². The maximum absolute atomic E-state index is 2.30. The molecule has 162 valence electrons. The molecule has 0 atom stereocenters. The standard InChI is InChI=1S/C28H28P2S2/c1-5-13-25(14-6-1)29(26-15-7-2-8-16-26)21-23-31-32-24-22-30(27-17-9-3-10-18-27)28-19-11-4-12-20-28/h1-20H,21-24H2. The Bertz CT molecular complexity index is 862. The van der Waals surface area contributed by atoms with E-state index in [2.05, 4.69) is 121 Å². The van der Waals surface area contributed by atoms with Crippen molar-refractivity contribution in [1.29, 1.82) is 0 Å². The Morgan fingerprint density at radius 3 is 0.875 bits per heavy atom. The van der Waals surface area contributed by atoms with Crippen molar-refractivity contribution in [2.45, 2.75) is 0 Å². The third kappa shape index (κ3) is 6.97. The van der Waals surface area contributed by atoms with E-state index in [1.54, 1.807) is 0 Å². The van der Waals surface area contributed by atoms with Crippen molar-refractivity contribution in [1.82, 2.24) is 0 Å². The molecule has 0 fully saturated rings. The third-order valence-corrected chi connectivity index (χ3v) is 13.2. The van der Waals surface area contributed by atoms with Gasteiger partial charge in [0.05, 0.1) is 0 Å². The van der Waals surface area contributed by atoms with Crippen molar-refractivity contribution < 1.29 is 0 Å². The van der Waals surface area contributed by atoms with Crippen LogP contribution in [0.1, 0.15) is 0 Å². The second-order valence-corrected chi connectivity index (χ2v) is 14.7. The molecule has 0 saturated carbocycles. The molecule has 0 aliphatic heterocycles. The first-order chi connectivity index (χ1) is 15.9. The van der Waals surface area contributed by atoms with Crippen LogP contribution in [-0.2, 0) is 0 Å². The van der Waals surface area contributed by atoms with E-state index in [9.17, 15) is 0 Å². The predicted octanol–water partition coefficient (Wildman–Crippen LogP) is 6.63. The van der Waals surface area contributed by atoms with Gasteiger partial charge in [-0.3, -0.25) is 0 Å². The van der Waals surface area contributed by atoms with E-state index in [1.807, 2.05) is 21.6 Å². The van der Waals surface area contributed by atoms with E-state index in [1.165, 1.54) is 45.0 Å². The molecule has 4 heteroatoms. The average Bonchev–Trinajstić information content (AvgIpc) is 2.88. The molecule has 0 saturated heterocycles. The molecule has 32 heavy (non-hydrogen) atoms. The van der Waals surface area contributed by atoms with E-state index in [0.29, 0.717) is 0 Å². The van der Waals surface area contributed by atoms with Crippen LogP contribution in [0.2, 0.25) is 0 Å². The van der Waals surface area contributed by atoms with Gasteiger partial charge in [0.15, 0.2) is 0 Å². The zero-order valence-corrected chi connectivity index (χ0v) is 21.5.